The van der Waals surface area contributed by atoms with Crippen molar-refractivity contribution in [3.8, 4) is 0 Å². The first-order valence-electron chi connectivity index (χ1n) is 8.90. The number of likely N-dealkylation sites (tertiary alicyclic amines) is 1. The number of nitrogen functional groups attached to an aromatic ring is 1. The zero-order valence-electron chi connectivity index (χ0n) is 16.1. The summed E-state index contributed by atoms with van der Waals surface area (Å²) >= 11 is 0. The summed E-state index contributed by atoms with van der Waals surface area (Å²) in [6.45, 7) is 6.58. The summed E-state index contributed by atoms with van der Waals surface area (Å²) in [5.41, 5.74) is 6.25. The summed E-state index contributed by atoms with van der Waals surface area (Å²) in [5, 5.41) is 4.93. The van der Waals surface area contributed by atoms with Gasteiger partial charge in [-0.1, -0.05) is 0 Å². The second-order valence-electron chi connectivity index (χ2n) is 7.60. The van der Waals surface area contributed by atoms with Gasteiger partial charge in [0.15, 0.2) is 5.69 Å². The van der Waals surface area contributed by atoms with Crippen LogP contribution in [0.15, 0.2) is 12.3 Å². The maximum absolute atomic E-state index is 12.4. The van der Waals surface area contributed by atoms with Gasteiger partial charge in [0.1, 0.15) is 11.4 Å². The van der Waals surface area contributed by atoms with Crippen LogP contribution in [0.25, 0.3) is 10.9 Å². The van der Waals surface area contributed by atoms with Gasteiger partial charge in [-0.2, -0.15) is 5.10 Å². The summed E-state index contributed by atoms with van der Waals surface area (Å²) in [7, 11) is 1.30. The number of hydrogen-bond acceptors (Lipinski definition) is 7. The Hall–Kier alpha value is -2.84. The molecular weight excluding hydrogens is 350 g/mol. The quantitative estimate of drug-likeness (QED) is 0.802. The van der Waals surface area contributed by atoms with Gasteiger partial charge in [0.25, 0.3) is 0 Å². The van der Waals surface area contributed by atoms with E-state index in [-0.39, 0.29) is 23.6 Å². The predicted octanol–water partition coefficient (Wildman–Crippen LogP) is 2.37. The van der Waals surface area contributed by atoms with Gasteiger partial charge < -0.3 is 20.1 Å². The molecule has 1 fully saturated rings. The fraction of sp³-hybridized carbons (Fsp3) is 0.556. The van der Waals surface area contributed by atoms with Gasteiger partial charge in [-0.15, -0.1) is 0 Å². The van der Waals surface area contributed by atoms with Crippen LogP contribution >= 0.6 is 0 Å². The molecule has 0 radical (unpaired) electrons. The Kier molecular flexibility index (Phi) is 4.95. The van der Waals surface area contributed by atoms with E-state index in [2.05, 4.69) is 10.1 Å². The zero-order valence-corrected chi connectivity index (χ0v) is 16.1. The monoisotopic (exact) mass is 375 g/mol. The average Bonchev–Trinajstić information content (AvgIpc) is 3.01. The molecule has 1 amide bonds. The molecule has 3 heterocycles. The molecule has 2 aromatic rings. The van der Waals surface area contributed by atoms with E-state index in [0.717, 1.165) is 12.8 Å². The van der Waals surface area contributed by atoms with Gasteiger partial charge in [0, 0.05) is 19.3 Å². The first-order valence-corrected chi connectivity index (χ1v) is 8.90. The normalized spacial score (nSPS) is 17.8. The molecular formula is C18H25N5O4. The maximum atomic E-state index is 12.4. The third-order valence-corrected chi connectivity index (χ3v) is 4.42. The van der Waals surface area contributed by atoms with Crippen LogP contribution in [0, 0.1) is 0 Å². The van der Waals surface area contributed by atoms with Crippen LogP contribution in [0.4, 0.5) is 10.6 Å². The molecule has 1 aliphatic heterocycles. The third kappa shape index (κ3) is 3.81. The number of carbonyl (C=O) groups is 2. The Bertz CT molecular complexity index is 870. The van der Waals surface area contributed by atoms with Gasteiger partial charge >= 0.3 is 12.1 Å². The Balaban J connectivity index is 1.94. The van der Waals surface area contributed by atoms with Crippen molar-refractivity contribution in [1.29, 1.82) is 0 Å². The van der Waals surface area contributed by atoms with Crippen molar-refractivity contribution in [2.24, 2.45) is 0 Å². The Labute approximate surface area is 157 Å². The van der Waals surface area contributed by atoms with Crippen LogP contribution in [0.1, 0.15) is 50.1 Å². The number of rotatable bonds is 2. The van der Waals surface area contributed by atoms with Gasteiger partial charge in [-0.05, 0) is 39.7 Å². The molecule has 2 N–H and O–H groups in total. The van der Waals surface area contributed by atoms with Crippen LogP contribution < -0.4 is 5.73 Å². The zero-order chi connectivity index (χ0) is 19.8. The minimum Gasteiger partial charge on any atom is -0.464 e. The van der Waals surface area contributed by atoms with Gasteiger partial charge in [-0.3, -0.25) is 4.68 Å². The molecule has 9 heteroatoms. The number of hydrogen-bond donors (Lipinski definition) is 1. The van der Waals surface area contributed by atoms with Crippen LogP contribution in [-0.2, 0) is 9.47 Å². The average molecular weight is 375 g/mol. The highest BCUT2D eigenvalue weighted by molar-refractivity contribution is 6.06. The SMILES string of the molecule is COC(=O)c1nn(C2CCCN(C(=O)OC(C)(C)C)C2)c2ccnc(N)c12. The second kappa shape index (κ2) is 7.05. The predicted molar refractivity (Wildman–Crippen MR) is 99.4 cm³/mol. The number of ether oxygens (including phenoxy) is 2. The van der Waals surface area contributed by atoms with Crippen molar-refractivity contribution in [3.63, 3.8) is 0 Å². The van der Waals surface area contributed by atoms with E-state index in [1.165, 1.54) is 7.11 Å². The van der Waals surface area contributed by atoms with E-state index in [4.69, 9.17) is 15.2 Å². The smallest absolute Gasteiger partial charge is 0.410 e. The van der Waals surface area contributed by atoms with E-state index >= 15 is 0 Å². The summed E-state index contributed by atoms with van der Waals surface area (Å²) in [4.78, 5) is 30.3. The highest BCUT2D eigenvalue weighted by atomic mass is 16.6. The first-order chi connectivity index (χ1) is 12.7. The van der Waals surface area contributed by atoms with E-state index in [1.54, 1.807) is 21.8 Å². The molecule has 0 saturated carbocycles. The molecule has 1 aliphatic rings. The molecule has 0 aliphatic carbocycles. The van der Waals surface area contributed by atoms with E-state index in [1.807, 2.05) is 20.8 Å². The minimum absolute atomic E-state index is 0.103. The number of amides is 1. The minimum atomic E-state index is -0.571. The fourth-order valence-electron chi connectivity index (χ4n) is 3.28. The van der Waals surface area contributed by atoms with Crippen molar-refractivity contribution in [1.82, 2.24) is 19.7 Å². The molecule has 9 nitrogen and oxygen atoms in total. The van der Waals surface area contributed by atoms with Crippen molar-refractivity contribution >= 4 is 28.8 Å². The van der Waals surface area contributed by atoms with Crippen LogP contribution in [0.2, 0.25) is 0 Å². The Morgan fingerprint density at radius 3 is 2.74 bits per heavy atom. The topological polar surface area (TPSA) is 113 Å². The summed E-state index contributed by atoms with van der Waals surface area (Å²) in [5.74, 6) is -0.350. The van der Waals surface area contributed by atoms with E-state index < -0.39 is 11.6 Å². The van der Waals surface area contributed by atoms with Crippen molar-refractivity contribution in [3.05, 3.63) is 18.0 Å². The highest BCUT2D eigenvalue weighted by Gasteiger charge is 2.31. The second-order valence-corrected chi connectivity index (χ2v) is 7.60. The summed E-state index contributed by atoms with van der Waals surface area (Å²) < 4.78 is 12.1. The van der Waals surface area contributed by atoms with Gasteiger partial charge in [0.05, 0.1) is 24.1 Å². The fourth-order valence-corrected chi connectivity index (χ4v) is 3.28. The van der Waals surface area contributed by atoms with Crippen LogP contribution in [0.3, 0.4) is 0 Å². The number of nitrogens with two attached hydrogens (primary N) is 1. The number of aromatic nitrogens is 3. The molecule has 1 unspecified atom stereocenters. The maximum Gasteiger partial charge on any atom is 0.410 e. The lowest BCUT2D eigenvalue weighted by atomic mass is 10.1. The molecule has 2 aromatic heterocycles. The molecule has 1 saturated heterocycles. The molecule has 0 aromatic carbocycles. The number of carbonyl (C=O) groups excluding carboxylic acids is 2. The summed E-state index contributed by atoms with van der Waals surface area (Å²) in [6, 6.07) is 1.66. The lowest BCUT2D eigenvalue weighted by Crippen LogP contribution is -2.43. The van der Waals surface area contributed by atoms with Crippen molar-refractivity contribution < 1.29 is 19.1 Å². The molecule has 146 valence electrons. The number of fused-ring (bicyclic) bond motifs is 1. The first kappa shape index (κ1) is 18.9. The van der Waals surface area contributed by atoms with Gasteiger partial charge in [-0.25, -0.2) is 14.6 Å². The molecule has 1 atom stereocenters. The van der Waals surface area contributed by atoms with E-state index in [9.17, 15) is 9.59 Å². The molecule has 3 rings (SSSR count). The summed E-state index contributed by atoms with van der Waals surface area (Å²) in [6.07, 6.45) is 2.85. The van der Waals surface area contributed by atoms with Gasteiger partial charge in [0.2, 0.25) is 0 Å². The lowest BCUT2D eigenvalue weighted by Gasteiger charge is -2.34. The van der Waals surface area contributed by atoms with Crippen molar-refractivity contribution in [2.45, 2.75) is 45.3 Å². The number of esters is 1. The Morgan fingerprint density at radius 2 is 2.07 bits per heavy atom. The number of piperidine rings is 1. The third-order valence-electron chi connectivity index (χ3n) is 4.42. The largest absolute Gasteiger partial charge is 0.464 e. The number of methoxy groups -OCH3 is 1. The van der Waals surface area contributed by atoms with Crippen LogP contribution in [-0.4, -0.2) is 57.5 Å². The van der Waals surface area contributed by atoms with Crippen LogP contribution in [0.5, 0.6) is 0 Å². The molecule has 0 bridgehead atoms. The highest BCUT2D eigenvalue weighted by Crippen LogP contribution is 2.30. The standard InChI is InChI=1S/C18H25N5O4/c1-18(2,3)27-17(25)22-9-5-6-11(10-22)23-12-7-8-20-15(19)13(12)14(21-23)16(24)26-4/h7-8,11H,5-6,9-10H2,1-4H3,(H2,19,20). The molecule has 27 heavy (non-hydrogen) atoms. The number of anilines is 1. The number of nitrogens with zero attached hydrogens (tertiary/aromatic N) is 4. The lowest BCUT2D eigenvalue weighted by molar-refractivity contribution is 0.0168. The van der Waals surface area contributed by atoms with E-state index in [0.29, 0.717) is 24.0 Å². The Morgan fingerprint density at radius 1 is 1.33 bits per heavy atom. The molecule has 0 spiro atoms. The number of pyridine rings is 1. The van der Waals surface area contributed by atoms with Crippen molar-refractivity contribution in [2.75, 3.05) is 25.9 Å².